The zero-order chi connectivity index (χ0) is 23.4. The van der Waals surface area contributed by atoms with E-state index in [0.29, 0.717) is 28.0 Å². The molecule has 2 aromatic heterocycles. The summed E-state index contributed by atoms with van der Waals surface area (Å²) in [6, 6.07) is 21.0. The highest BCUT2D eigenvalue weighted by molar-refractivity contribution is 14.1. The Morgan fingerprint density at radius 1 is 0.971 bits per heavy atom. The van der Waals surface area contributed by atoms with E-state index in [1.54, 1.807) is 7.11 Å². The Bertz CT molecular complexity index is 1610. The van der Waals surface area contributed by atoms with E-state index >= 15 is 0 Å². The summed E-state index contributed by atoms with van der Waals surface area (Å²) in [6.07, 6.45) is 0.854. The fourth-order valence-electron chi connectivity index (χ4n) is 4.39. The molecule has 0 saturated heterocycles. The molecular weight excluding hydrogens is 543 g/mol. The van der Waals surface area contributed by atoms with Crippen LogP contribution in [0.25, 0.3) is 33.6 Å². The van der Waals surface area contributed by atoms with Gasteiger partial charge in [-0.2, -0.15) is 0 Å². The van der Waals surface area contributed by atoms with Crippen LogP contribution >= 0.6 is 22.6 Å². The van der Waals surface area contributed by atoms with E-state index in [1.807, 2.05) is 73.7 Å². The van der Waals surface area contributed by atoms with Gasteiger partial charge in [0.25, 0.3) is 0 Å². The van der Waals surface area contributed by atoms with Crippen molar-refractivity contribution in [2.45, 2.75) is 13.0 Å². The summed E-state index contributed by atoms with van der Waals surface area (Å²) in [4.78, 5) is 13.6. The molecule has 0 radical (unpaired) electrons. The van der Waals surface area contributed by atoms with Gasteiger partial charge in [-0.25, -0.2) is 0 Å². The minimum atomic E-state index is -0.659. The third-order valence-corrected chi connectivity index (χ3v) is 7.18. The molecule has 6 rings (SSSR count). The molecule has 1 atom stereocenters. The van der Waals surface area contributed by atoms with E-state index in [2.05, 4.69) is 22.6 Å². The van der Waals surface area contributed by atoms with Gasteiger partial charge >= 0.3 is 0 Å². The average molecular weight is 562 g/mol. The van der Waals surface area contributed by atoms with E-state index < -0.39 is 6.10 Å². The highest BCUT2D eigenvalue weighted by Crippen LogP contribution is 2.50. The van der Waals surface area contributed by atoms with Gasteiger partial charge in [-0.15, -0.1) is 0 Å². The summed E-state index contributed by atoms with van der Waals surface area (Å²) in [6.45, 7) is 1.96. The van der Waals surface area contributed by atoms with Gasteiger partial charge in [0.1, 0.15) is 34.9 Å². The third kappa shape index (κ3) is 3.24. The predicted octanol–water partition coefficient (Wildman–Crippen LogP) is 7.12. The highest BCUT2D eigenvalue weighted by atomic mass is 127. The van der Waals surface area contributed by atoms with E-state index in [1.165, 1.54) is 6.26 Å². The van der Waals surface area contributed by atoms with Crippen LogP contribution in [0.4, 0.5) is 0 Å². The van der Waals surface area contributed by atoms with Crippen LogP contribution in [-0.2, 0) is 0 Å². The molecular formula is C28H19IO5. The molecule has 0 bridgehead atoms. The zero-order valence-corrected chi connectivity index (χ0v) is 20.6. The first-order valence-electron chi connectivity index (χ1n) is 10.8. The summed E-state index contributed by atoms with van der Waals surface area (Å²) in [5.74, 6) is 2.85. The van der Waals surface area contributed by atoms with Crippen molar-refractivity contribution in [3.63, 3.8) is 0 Å². The first-order valence-corrected chi connectivity index (χ1v) is 11.9. The molecule has 3 heterocycles. The lowest BCUT2D eigenvalue weighted by molar-refractivity contribution is 0.236. The number of benzene rings is 3. The zero-order valence-electron chi connectivity index (χ0n) is 18.4. The first-order chi connectivity index (χ1) is 16.5. The molecule has 168 valence electrons. The number of hydrogen-bond acceptors (Lipinski definition) is 5. The van der Waals surface area contributed by atoms with Crippen molar-refractivity contribution in [1.82, 2.24) is 0 Å². The summed E-state index contributed by atoms with van der Waals surface area (Å²) in [7, 11) is 1.64. The van der Waals surface area contributed by atoms with Crippen molar-refractivity contribution in [3.05, 3.63) is 103 Å². The maximum atomic E-state index is 13.6. The molecule has 6 heteroatoms. The number of fused-ring (bicyclic) bond motifs is 4. The predicted molar refractivity (Wildman–Crippen MR) is 139 cm³/mol. The molecule has 0 N–H and O–H groups in total. The standard InChI is InChI=1S/C28H19IO5/c1-15-7-12-21-19(13-15)25(30)20(14-32-21)28-23-24(29)26(16-8-10-17(31-2)11-9-16)34-27(23)18-5-3-4-6-22(18)33-28/h3-14,28H,1-2H3. The second kappa shape index (κ2) is 8.06. The van der Waals surface area contributed by atoms with Gasteiger partial charge in [0.15, 0.2) is 11.5 Å². The van der Waals surface area contributed by atoms with Gasteiger partial charge in [-0.3, -0.25) is 4.79 Å². The van der Waals surface area contributed by atoms with Gasteiger partial charge in [0, 0.05) is 5.56 Å². The monoisotopic (exact) mass is 562 g/mol. The molecule has 1 aliphatic rings. The quantitative estimate of drug-likeness (QED) is 0.219. The van der Waals surface area contributed by atoms with Crippen molar-refractivity contribution in [2.24, 2.45) is 0 Å². The van der Waals surface area contributed by atoms with Crippen LogP contribution in [0, 0.1) is 10.5 Å². The Morgan fingerprint density at radius 2 is 1.76 bits per heavy atom. The second-order valence-electron chi connectivity index (χ2n) is 8.23. The Hall–Kier alpha value is -3.52. The van der Waals surface area contributed by atoms with Gasteiger partial charge in [0.05, 0.1) is 32.8 Å². The van der Waals surface area contributed by atoms with Crippen molar-refractivity contribution in [1.29, 1.82) is 0 Å². The lowest BCUT2D eigenvalue weighted by Gasteiger charge is -2.25. The van der Waals surface area contributed by atoms with Crippen molar-refractivity contribution in [3.8, 4) is 34.1 Å². The highest BCUT2D eigenvalue weighted by Gasteiger charge is 2.36. The van der Waals surface area contributed by atoms with E-state index in [-0.39, 0.29) is 5.43 Å². The van der Waals surface area contributed by atoms with E-state index in [4.69, 9.17) is 18.3 Å². The van der Waals surface area contributed by atoms with Crippen molar-refractivity contribution >= 4 is 33.6 Å². The minimum Gasteiger partial charge on any atom is -0.497 e. The number of furan rings is 1. The number of para-hydroxylation sites is 1. The molecule has 34 heavy (non-hydrogen) atoms. The SMILES string of the molecule is COc1ccc(-c2oc3c(c2I)C(c2coc4ccc(C)cc4c2=O)Oc2ccccc2-3)cc1. The molecule has 3 aromatic carbocycles. The normalized spacial score (nSPS) is 14.4. The molecule has 0 aliphatic carbocycles. The van der Waals surface area contributed by atoms with Crippen LogP contribution in [0.3, 0.4) is 0 Å². The molecule has 1 aliphatic heterocycles. The summed E-state index contributed by atoms with van der Waals surface area (Å²) in [5.41, 5.74) is 4.47. The Morgan fingerprint density at radius 3 is 2.56 bits per heavy atom. The maximum Gasteiger partial charge on any atom is 0.199 e. The van der Waals surface area contributed by atoms with E-state index in [9.17, 15) is 4.79 Å². The van der Waals surface area contributed by atoms with Crippen LogP contribution in [-0.4, -0.2) is 7.11 Å². The summed E-state index contributed by atoms with van der Waals surface area (Å²) in [5, 5.41) is 0.537. The average Bonchev–Trinajstić information content (AvgIpc) is 3.22. The largest absolute Gasteiger partial charge is 0.497 e. The first kappa shape index (κ1) is 21.0. The molecule has 1 unspecified atom stereocenters. The third-order valence-electron chi connectivity index (χ3n) is 6.11. The molecule has 0 fully saturated rings. The van der Waals surface area contributed by atoms with Crippen LogP contribution in [0.2, 0.25) is 0 Å². The molecule has 5 aromatic rings. The van der Waals surface area contributed by atoms with Crippen molar-refractivity contribution < 1.29 is 18.3 Å². The summed E-state index contributed by atoms with van der Waals surface area (Å²) >= 11 is 2.28. The molecule has 5 nitrogen and oxygen atoms in total. The number of aryl methyl sites for hydroxylation is 1. The van der Waals surface area contributed by atoms with Crippen LogP contribution in [0.5, 0.6) is 11.5 Å². The second-order valence-corrected chi connectivity index (χ2v) is 9.31. The fourth-order valence-corrected chi connectivity index (χ4v) is 5.34. The topological polar surface area (TPSA) is 61.8 Å². The van der Waals surface area contributed by atoms with Gasteiger partial charge in [-0.05, 0) is 78.0 Å². The van der Waals surface area contributed by atoms with Gasteiger partial charge < -0.3 is 18.3 Å². The van der Waals surface area contributed by atoms with E-state index in [0.717, 1.165) is 37.3 Å². The smallest absolute Gasteiger partial charge is 0.199 e. The lowest BCUT2D eigenvalue weighted by atomic mass is 9.95. The number of halogens is 1. The Balaban J connectivity index is 1.59. The number of hydrogen-bond donors (Lipinski definition) is 0. The van der Waals surface area contributed by atoms with Crippen molar-refractivity contribution in [2.75, 3.05) is 7.11 Å². The Kier molecular flexibility index (Phi) is 4.99. The summed E-state index contributed by atoms with van der Waals surface area (Å²) < 4.78 is 24.9. The molecule has 0 spiro atoms. The van der Waals surface area contributed by atoms with Crippen LogP contribution in [0.1, 0.15) is 22.8 Å². The van der Waals surface area contributed by atoms with Crippen LogP contribution < -0.4 is 14.9 Å². The van der Waals surface area contributed by atoms with Gasteiger partial charge in [-0.1, -0.05) is 23.8 Å². The molecule has 0 amide bonds. The van der Waals surface area contributed by atoms with Crippen LogP contribution in [0.15, 0.2) is 86.6 Å². The number of rotatable bonds is 3. The van der Waals surface area contributed by atoms with Gasteiger partial charge in [0.2, 0.25) is 0 Å². The minimum absolute atomic E-state index is 0.108. The fraction of sp³-hybridized carbons (Fsp3) is 0.107. The molecule has 0 saturated carbocycles. The number of methoxy groups -OCH3 is 1. The Labute approximate surface area is 209 Å². The maximum absolute atomic E-state index is 13.6. The number of ether oxygens (including phenoxy) is 2. The lowest BCUT2D eigenvalue weighted by Crippen LogP contribution is -2.22.